The van der Waals surface area contributed by atoms with Gasteiger partial charge in [0.2, 0.25) is 0 Å². The van der Waals surface area contributed by atoms with E-state index in [1.807, 2.05) is 0 Å². The van der Waals surface area contributed by atoms with Crippen LogP contribution in [0.15, 0.2) is 12.3 Å². The van der Waals surface area contributed by atoms with Crippen molar-refractivity contribution in [2.45, 2.75) is 6.10 Å². The van der Waals surface area contributed by atoms with Crippen LogP contribution in [0.2, 0.25) is 0 Å². The minimum atomic E-state index is -0.768. The third-order valence-electron chi connectivity index (χ3n) is 1.76. The van der Waals surface area contributed by atoms with Crippen molar-refractivity contribution in [2.24, 2.45) is 5.92 Å². The Balaban J connectivity index is 2.17. The normalized spacial score (nSPS) is 21.7. The van der Waals surface area contributed by atoms with Gasteiger partial charge in [0, 0.05) is 7.11 Å². The second-order valence-corrected chi connectivity index (χ2v) is 3.01. The monoisotopic (exact) mass is 202 g/mol. The zero-order valence-electron chi connectivity index (χ0n) is 8.01. The van der Waals surface area contributed by atoms with Gasteiger partial charge in [0.15, 0.2) is 0 Å². The van der Waals surface area contributed by atoms with Crippen molar-refractivity contribution in [1.82, 2.24) is 0 Å². The molecule has 80 valence electrons. The van der Waals surface area contributed by atoms with Gasteiger partial charge >= 0.3 is 5.97 Å². The molecule has 2 atom stereocenters. The molecule has 0 aromatic heterocycles. The highest BCUT2D eigenvalue weighted by molar-refractivity contribution is 5.74. The highest BCUT2D eigenvalue weighted by atomic mass is 16.6. The number of aliphatic hydroxyl groups excluding tert-OH is 1. The highest BCUT2D eigenvalue weighted by Gasteiger charge is 2.21. The molecule has 0 aromatic carbocycles. The first kappa shape index (κ1) is 11.0. The molecule has 0 aliphatic carbocycles. The van der Waals surface area contributed by atoms with Gasteiger partial charge in [-0.1, -0.05) is 0 Å². The molecule has 1 aliphatic rings. The summed E-state index contributed by atoms with van der Waals surface area (Å²) in [5.74, 6) is -0.723. The molecule has 1 heterocycles. The van der Waals surface area contributed by atoms with Crippen molar-refractivity contribution in [3.05, 3.63) is 12.3 Å². The number of hydrogen-bond acceptors (Lipinski definition) is 5. The lowest BCUT2D eigenvalue weighted by molar-refractivity contribution is -0.151. The molecule has 5 nitrogen and oxygen atoms in total. The van der Waals surface area contributed by atoms with Gasteiger partial charge in [-0.25, -0.2) is 0 Å². The Kier molecular flexibility index (Phi) is 4.42. The molecule has 0 spiro atoms. The minimum Gasteiger partial charge on any atom is -0.500 e. The average molecular weight is 202 g/mol. The fourth-order valence-electron chi connectivity index (χ4n) is 1.04. The number of methoxy groups -OCH3 is 1. The summed E-state index contributed by atoms with van der Waals surface area (Å²) in [4.78, 5) is 11.2. The largest absolute Gasteiger partial charge is 0.500 e. The summed E-state index contributed by atoms with van der Waals surface area (Å²) in [6, 6.07) is 0. The molecule has 0 fully saturated rings. The maximum Gasteiger partial charge on any atom is 0.316 e. The molecule has 14 heavy (non-hydrogen) atoms. The molecule has 0 radical (unpaired) electrons. The Labute approximate surface area is 82.3 Å². The molecule has 0 saturated carbocycles. The lowest BCUT2D eigenvalue weighted by Crippen LogP contribution is -2.26. The van der Waals surface area contributed by atoms with Crippen LogP contribution in [0.25, 0.3) is 0 Å². The molecule has 0 bridgehead atoms. The third kappa shape index (κ3) is 3.35. The van der Waals surface area contributed by atoms with Crippen molar-refractivity contribution >= 4 is 5.97 Å². The van der Waals surface area contributed by atoms with Gasteiger partial charge in [-0.15, -0.1) is 0 Å². The number of ether oxygens (including phenoxy) is 3. The Morgan fingerprint density at radius 2 is 2.50 bits per heavy atom. The molecule has 0 amide bonds. The van der Waals surface area contributed by atoms with Crippen LogP contribution in [0, 0.1) is 5.92 Å². The van der Waals surface area contributed by atoms with E-state index >= 15 is 0 Å². The number of esters is 1. The van der Waals surface area contributed by atoms with Crippen LogP contribution >= 0.6 is 0 Å². The summed E-state index contributed by atoms with van der Waals surface area (Å²) >= 11 is 0. The van der Waals surface area contributed by atoms with Gasteiger partial charge in [-0.05, 0) is 6.08 Å². The molecule has 1 N–H and O–H groups in total. The van der Waals surface area contributed by atoms with Crippen molar-refractivity contribution in [2.75, 3.05) is 26.9 Å². The Bertz CT molecular complexity index is 213. The van der Waals surface area contributed by atoms with E-state index in [0.29, 0.717) is 6.61 Å². The molecule has 5 heteroatoms. The second kappa shape index (κ2) is 5.62. The van der Waals surface area contributed by atoms with Crippen molar-refractivity contribution in [1.29, 1.82) is 0 Å². The van der Waals surface area contributed by atoms with Gasteiger partial charge in [0.1, 0.15) is 25.2 Å². The van der Waals surface area contributed by atoms with Gasteiger partial charge in [0.25, 0.3) is 0 Å². The fraction of sp³-hybridized carbons (Fsp3) is 0.667. The first-order valence-electron chi connectivity index (χ1n) is 4.36. The second-order valence-electron chi connectivity index (χ2n) is 3.01. The number of aliphatic hydroxyl groups is 1. The molecule has 0 saturated heterocycles. The van der Waals surface area contributed by atoms with E-state index in [9.17, 15) is 9.90 Å². The van der Waals surface area contributed by atoms with Crippen molar-refractivity contribution in [3.63, 3.8) is 0 Å². The van der Waals surface area contributed by atoms with Crippen molar-refractivity contribution in [3.8, 4) is 0 Å². The standard InChI is InChI=1S/C9H14O5/c1-12-5-8(10)6-14-9(11)7-2-3-13-4-7/h2-3,7-8,10H,4-6H2,1H3. The van der Waals surface area contributed by atoms with Gasteiger partial charge in [-0.3, -0.25) is 4.79 Å². The highest BCUT2D eigenvalue weighted by Crippen LogP contribution is 2.10. The molecule has 1 aliphatic heterocycles. The van der Waals surface area contributed by atoms with E-state index in [1.54, 1.807) is 6.08 Å². The summed E-state index contributed by atoms with van der Waals surface area (Å²) < 4.78 is 14.4. The minimum absolute atomic E-state index is 0.0446. The number of hydrogen-bond donors (Lipinski definition) is 1. The third-order valence-corrected chi connectivity index (χ3v) is 1.76. The molecular formula is C9H14O5. The molecule has 1 rings (SSSR count). The summed E-state index contributed by atoms with van der Waals surface area (Å²) in [6.45, 7) is 0.431. The molecule has 2 unspecified atom stereocenters. The van der Waals surface area contributed by atoms with Gasteiger partial charge in [-0.2, -0.15) is 0 Å². The van der Waals surface area contributed by atoms with Crippen LogP contribution in [0.1, 0.15) is 0 Å². The summed E-state index contributed by atoms with van der Waals surface area (Å²) in [6.07, 6.45) is 2.33. The number of carbonyl (C=O) groups excluding carboxylic acids is 1. The zero-order valence-corrected chi connectivity index (χ0v) is 8.01. The van der Waals surface area contributed by atoms with Crippen LogP contribution in [0.3, 0.4) is 0 Å². The SMILES string of the molecule is COCC(O)COC(=O)C1C=COC1. The van der Waals surface area contributed by atoms with Gasteiger partial charge in [0.05, 0.1) is 12.9 Å². The van der Waals surface area contributed by atoms with Crippen LogP contribution in [0.5, 0.6) is 0 Å². The van der Waals surface area contributed by atoms with E-state index in [2.05, 4.69) is 4.74 Å². The van der Waals surface area contributed by atoms with Crippen LogP contribution < -0.4 is 0 Å². The van der Waals surface area contributed by atoms with E-state index in [4.69, 9.17) is 9.47 Å². The van der Waals surface area contributed by atoms with Crippen LogP contribution in [-0.2, 0) is 19.0 Å². The molecular weight excluding hydrogens is 188 g/mol. The number of carbonyl (C=O) groups is 1. The smallest absolute Gasteiger partial charge is 0.316 e. The van der Waals surface area contributed by atoms with Crippen LogP contribution in [-0.4, -0.2) is 44.1 Å². The summed E-state index contributed by atoms with van der Waals surface area (Å²) in [5, 5.41) is 9.19. The van der Waals surface area contributed by atoms with E-state index in [-0.39, 0.29) is 25.1 Å². The van der Waals surface area contributed by atoms with Gasteiger partial charge < -0.3 is 19.3 Å². The summed E-state index contributed by atoms with van der Waals surface area (Å²) in [7, 11) is 1.47. The first-order valence-corrected chi connectivity index (χ1v) is 4.36. The van der Waals surface area contributed by atoms with E-state index in [1.165, 1.54) is 13.4 Å². The zero-order chi connectivity index (χ0) is 10.4. The summed E-state index contributed by atoms with van der Waals surface area (Å²) in [5.41, 5.74) is 0. The number of rotatable bonds is 5. The quantitative estimate of drug-likeness (QED) is 0.620. The maximum absolute atomic E-state index is 11.2. The lowest BCUT2D eigenvalue weighted by atomic mass is 10.2. The van der Waals surface area contributed by atoms with E-state index in [0.717, 1.165) is 0 Å². The Morgan fingerprint density at radius 1 is 1.71 bits per heavy atom. The van der Waals surface area contributed by atoms with Crippen molar-refractivity contribution < 1.29 is 24.1 Å². The lowest BCUT2D eigenvalue weighted by Gasteiger charge is -2.11. The molecule has 0 aromatic rings. The van der Waals surface area contributed by atoms with E-state index < -0.39 is 6.10 Å². The predicted molar refractivity (Wildman–Crippen MR) is 47.4 cm³/mol. The maximum atomic E-state index is 11.2. The Hall–Kier alpha value is -1.07. The topological polar surface area (TPSA) is 65.0 Å². The predicted octanol–water partition coefficient (Wildman–Crippen LogP) is -0.303. The Morgan fingerprint density at radius 3 is 3.07 bits per heavy atom. The first-order chi connectivity index (χ1) is 6.74. The van der Waals surface area contributed by atoms with Crippen LogP contribution in [0.4, 0.5) is 0 Å². The average Bonchev–Trinajstić information content (AvgIpc) is 2.67. The fourth-order valence-corrected chi connectivity index (χ4v) is 1.04.